The fourth-order valence-corrected chi connectivity index (χ4v) is 2.09. The first kappa shape index (κ1) is 13.5. The summed E-state index contributed by atoms with van der Waals surface area (Å²) in [5.74, 6) is 0.757. The number of nitrogens with one attached hydrogen (secondary N) is 1. The Labute approximate surface area is 112 Å². The second kappa shape index (κ2) is 5.36. The highest BCUT2D eigenvalue weighted by Gasteiger charge is 2.24. The monoisotopic (exact) mass is 261 g/mol. The molecule has 0 aliphatic heterocycles. The summed E-state index contributed by atoms with van der Waals surface area (Å²) in [6.07, 6.45) is 3.46. The number of aliphatic hydroxyl groups excluding tert-OH is 1. The molecule has 1 atom stereocenters. The van der Waals surface area contributed by atoms with Gasteiger partial charge in [0.1, 0.15) is 5.52 Å². The van der Waals surface area contributed by atoms with Crippen molar-refractivity contribution >= 4 is 22.8 Å². The Morgan fingerprint density at radius 3 is 2.89 bits per heavy atom. The number of aliphatic hydroxyl groups is 1. The summed E-state index contributed by atoms with van der Waals surface area (Å²) in [4.78, 5) is 12.6. The van der Waals surface area contributed by atoms with Crippen molar-refractivity contribution in [1.29, 1.82) is 0 Å². The van der Waals surface area contributed by atoms with Crippen LogP contribution >= 0.6 is 0 Å². The first-order chi connectivity index (χ1) is 9.08. The van der Waals surface area contributed by atoms with E-state index in [4.69, 9.17) is 5.73 Å². The molecule has 0 saturated carbocycles. The lowest BCUT2D eigenvalue weighted by Crippen LogP contribution is -2.39. The van der Waals surface area contributed by atoms with Crippen LogP contribution in [0.15, 0.2) is 18.3 Å². The maximum atomic E-state index is 9.56. The molecule has 6 nitrogen and oxygen atoms in total. The minimum atomic E-state index is -0.444. The maximum absolute atomic E-state index is 9.56. The Morgan fingerprint density at radius 1 is 1.42 bits per heavy atom. The quantitative estimate of drug-likeness (QED) is 0.756. The molecule has 2 heterocycles. The van der Waals surface area contributed by atoms with Gasteiger partial charge in [-0.1, -0.05) is 13.3 Å². The fraction of sp³-hybridized carbons (Fsp3) is 0.462. The maximum Gasteiger partial charge on any atom is 0.222 e. The van der Waals surface area contributed by atoms with Crippen LogP contribution in [0.25, 0.3) is 11.0 Å². The molecule has 0 aromatic carbocycles. The Balaban J connectivity index is 2.44. The van der Waals surface area contributed by atoms with Gasteiger partial charge in [0.05, 0.1) is 17.7 Å². The third-order valence-corrected chi connectivity index (χ3v) is 3.04. The highest BCUT2D eigenvalue weighted by atomic mass is 16.3. The van der Waals surface area contributed by atoms with E-state index in [9.17, 15) is 5.11 Å². The van der Waals surface area contributed by atoms with Crippen LogP contribution in [-0.2, 0) is 0 Å². The molecule has 2 aromatic rings. The number of aromatic nitrogens is 3. The summed E-state index contributed by atoms with van der Waals surface area (Å²) in [7, 11) is 0. The van der Waals surface area contributed by atoms with E-state index in [1.807, 2.05) is 13.0 Å². The van der Waals surface area contributed by atoms with Gasteiger partial charge >= 0.3 is 0 Å². The number of nitrogen functional groups attached to an aromatic ring is 1. The number of hydrogen-bond donors (Lipinski definition) is 3. The molecule has 19 heavy (non-hydrogen) atoms. The third kappa shape index (κ3) is 2.90. The van der Waals surface area contributed by atoms with E-state index in [2.05, 4.69) is 27.2 Å². The molecule has 0 radical (unpaired) electrons. The van der Waals surface area contributed by atoms with Crippen molar-refractivity contribution in [3.8, 4) is 0 Å². The van der Waals surface area contributed by atoms with Crippen molar-refractivity contribution in [3.63, 3.8) is 0 Å². The molecule has 102 valence electrons. The van der Waals surface area contributed by atoms with E-state index in [1.54, 1.807) is 12.3 Å². The minimum absolute atomic E-state index is 0.0130. The zero-order chi connectivity index (χ0) is 13.9. The number of hydrogen-bond acceptors (Lipinski definition) is 6. The Hall–Kier alpha value is -1.95. The van der Waals surface area contributed by atoms with E-state index in [0.29, 0.717) is 16.9 Å². The molecule has 4 N–H and O–H groups in total. The van der Waals surface area contributed by atoms with Gasteiger partial charge in [-0.3, -0.25) is 4.98 Å². The molecule has 0 bridgehead atoms. The van der Waals surface area contributed by atoms with Crippen LogP contribution in [0.1, 0.15) is 26.7 Å². The highest BCUT2D eigenvalue weighted by molar-refractivity contribution is 5.86. The van der Waals surface area contributed by atoms with Gasteiger partial charge in [-0.25, -0.2) is 4.98 Å². The summed E-state index contributed by atoms with van der Waals surface area (Å²) in [6, 6.07) is 3.64. The average molecular weight is 261 g/mol. The molecular weight excluding hydrogens is 242 g/mol. The Morgan fingerprint density at radius 2 is 2.21 bits per heavy atom. The van der Waals surface area contributed by atoms with Crippen LogP contribution in [0.3, 0.4) is 0 Å². The SMILES string of the molecule is CCC[C@@](C)(CO)Nc1nc(N)nc2cccnc12. The highest BCUT2D eigenvalue weighted by Crippen LogP contribution is 2.24. The van der Waals surface area contributed by atoms with Gasteiger partial charge < -0.3 is 16.2 Å². The molecule has 0 saturated heterocycles. The lowest BCUT2D eigenvalue weighted by Gasteiger charge is -2.29. The van der Waals surface area contributed by atoms with Gasteiger partial charge in [0.15, 0.2) is 5.82 Å². The van der Waals surface area contributed by atoms with Crippen LogP contribution < -0.4 is 11.1 Å². The fourth-order valence-electron chi connectivity index (χ4n) is 2.09. The average Bonchev–Trinajstić information content (AvgIpc) is 2.39. The summed E-state index contributed by atoms with van der Waals surface area (Å²) in [5.41, 5.74) is 6.61. The second-order valence-electron chi connectivity index (χ2n) is 4.90. The van der Waals surface area contributed by atoms with E-state index in [-0.39, 0.29) is 12.6 Å². The predicted molar refractivity (Wildman–Crippen MR) is 75.8 cm³/mol. The number of fused-ring (bicyclic) bond motifs is 1. The third-order valence-electron chi connectivity index (χ3n) is 3.04. The van der Waals surface area contributed by atoms with E-state index in [0.717, 1.165) is 12.8 Å². The van der Waals surface area contributed by atoms with Gasteiger partial charge in [-0.15, -0.1) is 0 Å². The summed E-state index contributed by atoms with van der Waals surface area (Å²) in [5, 5.41) is 12.8. The molecule has 0 aliphatic rings. The molecule has 2 aromatic heterocycles. The van der Waals surface area contributed by atoms with E-state index in [1.165, 1.54) is 0 Å². The van der Waals surface area contributed by atoms with Crippen LogP contribution in [0.5, 0.6) is 0 Å². The zero-order valence-electron chi connectivity index (χ0n) is 11.2. The predicted octanol–water partition coefficient (Wildman–Crippen LogP) is 1.57. The number of rotatable bonds is 5. The topological polar surface area (TPSA) is 97.0 Å². The lowest BCUT2D eigenvalue weighted by molar-refractivity contribution is 0.213. The first-order valence-corrected chi connectivity index (χ1v) is 6.35. The van der Waals surface area contributed by atoms with Crippen molar-refractivity contribution in [1.82, 2.24) is 15.0 Å². The van der Waals surface area contributed by atoms with Gasteiger partial charge in [0.25, 0.3) is 0 Å². The second-order valence-corrected chi connectivity index (χ2v) is 4.90. The Kier molecular flexibility index (Phi) is 3.80. The van der Waals surface area contributed by atoms with Gasteiger partial charge in [-0.05, 0) is 25.5 Å². The van der Waals surface area contributed by atoms with Crippen molar-refractivity contribution in [2.75, 3.05) is 17.7 Å². The number of anilines is 2. The summed E-state index contributed by atoms with van der Waals surface area (Å²) >= 11 is 0. The van der Waals surface area contributed by atoms with Crippen molar-refractivity contribution < 1.29 is 5.11 Å². The smallest absolute Gasteiger partial charge is 0.222 e. The summed E-state index contributed by atoms with van der Waals surface area (Å²) in [6.45, 7) is 4.03. The molecule has 0 fully saturated rings. The molecule has 0 unspecified atom stereocenters. The van der Waals surface area contributed by atoms with E-state index >= 15 is 0 Å². The van der Waals surface area contributed by atoms with Crippen molar-refractivity contribution in [3.05, 3.63) is 18.3 Å². The molecule has 0 aliphatic carbocycles. The normalized spacial score (nSPS) is 14.3. The minimum Gasteiger partial charge on any atom is -0.394 e. The van der Waals surface area contributed by atoms with Gasteiger partial charge in [-0.2, -0.15) is 4.98 Å². The van der Waals surface area contributed by atoms with Crippen molar-refractivity contribution in [2.24, 2.45) is 0 Å². The summed E-state index contributed by atoms with van der Waals surface area (Å²) < 4.78 is 0. The number of nitrogens with two attached hydrogens (primary N) is 1. The molecular formula is C13H19N5O. The van der Waals surface area contributed by atoms with Gasteiger partial charge in [0.2, 0.25) is 5.95 Å². The van der Waals surface area contributed by atoms with Crippen LogP contribution in [0.2, 0.25) is 0 Å². The van der Waals surface area contributed by atoms with E-state index < -0.39 is 5.54 Å². The molecule has 6 heteroatoms. The number of nitrogens with zero attached hydrogens (tertiary/aromatic N) is 3. The largest absolute Gasteiger partial charge is 0.394 e. The first-order valence-electron chi connectivity index (χ1n) is 6.35. The van der Waals surface area contributed by atoms with Crippen LogP contribution in [0, 0.1) is 0 Å². The lowest BCUT2D eigenvalue weighted by atomic mass is 9.97. The standard InChI is InChI=1S/C13H19N5O/c1-3-6-13(2,8-19)18-11-10-9(5-4-7-15-10)16-12(14)17-11/h4-5,7,19H,3,6,8H2,1-2H3,(H3,14,16,17,18)/t13-/m0/s1. The van der Waals surface area contributed by atoms with Crippen molar-refractivity contribution in [2.45, 2.75) is 32.2 Å². The molecule has 0 spiro atoms. The molecule has 0 amide bonds. The van der Waals surface area contributed by atoms with Crippen LogP contribution in [0.4, 0.5) is 11.8 Å². The number of pyridine rings is 1. The Bertz CT molecular complexity index is 574. The van der Waals surface area contributed by atoms with Crippen LogP contribution in [-0.4, -0.2) is 32.2 Å². The zero-order valence-corrected chi connectivity index (χ0v) is 11.2. The molecule has 2 rings (SSSR count). The van der Waals surface area contributed by atoms with Gasteiger partial charge in [0, 0.05) is 6.20 Å².